The van der Waals surface area contributed by atoms with Crippen molar-refractivity contribution in [2.24, 2.45) is 5.84 Å². The fourth-order valence-electron chi connectivity index (χ4n) is 2.38. The van der Waals surface area contributed by atoms with Crippen molar-refractivity contribution in [1.82, 2.24) is 5.43 Å². The highest BCUT2D eigenvalue weighted by atomic mass is 19.1. The molecule has 0 aliphatic rings. The number of hydrogen-bond acceptors (Lipinski definition) is 3. The Kier molecular flexibility index (Phi) is 8.23. The largest absolute Gasteiger partial charge is 0.494 e. The van der Waals surface area contributed by atoms with Gasteiger partial charge in [-0.15, -0.1) is 0 Å². The van der Waals surface area contributed by atoms with Crippen LogP contribution in [0.3, 0.4) is 0 Å². The van der Waals surface area contributed by atoms with Crippen LogP contribution in [0.15, 0.2) is 18.2 Å². The van der Waals surface area contributed by atoms with Gasteiger partial charge in [0.15, 0.2) is 11.6 Å². The fourth-order valence-corrected chi connectivity index (χ4v) is 2.38. The van der Waals surface area contributed by atoms with Gasteiger partial charge >= 0.3 is 0 Å². The van der Waals surface area contributed by atoms with Gasteiger partial charge in [-0.1, -0.05) is 51.2 Å². The Hall–Kier alpha value is -1.13. The minimum Gasteiger partial charge on any atom is -0.494 e. The lowest BCUT2D eigenvalue weighted by Gasteiger charge is -2.17. The van der Waals surface area contributed by atoms with Gasteiger partial charge in [-0.2, -0.15) is 0 Å². The van der Waals surface area contributed by atoms with Crippen LogP contribution in [0.1, 0.15) is 51.0 Å². The van der Waals surface area contributed by atoms with Gasteiger partial charge in [-0.3, -0.25) is 11.3 Å². The summed E-state index contributed by atoms with van der Waals surface area (Å²) < 4.78 is 19.1. The second kappa shape index (κ2) is 9.72. The molecule has 0 bridgehead atoms. The van der Waals surface area contributed by atoms with E-state index in [2.05, 4.69) is 12.3 Å². The Morgan fingerprint density at radius 3 is 2.65 bits per heavy atom. The highest BCUT2D eigenvalue weighted by Gasteiger charge is 2.13. The Morgan fingerprint density at radius 1 is 1.25 bits per heavy atom. The Bertz CT molecular complexity index is 385. The van der Waals surface area contributed by atoms with E-state index >= 15 is 0 Å². The first-order valence-corrected chi connectivity index (χ1v) is 7.50. The van der Waals surface area contributed by atoms with E-state index in [0.29, 0.717) is 17.7 Å². The molecule has 1 rings (SSSR count). The molecule has 3 N–H and O–H groups in total. The summed E-state index contributed by atoms with van der Waals surface area (Å²) in [5.74, 6) is 5.59. The molecule has 0 fully saturated rings. The first kappa shape index (κ1) is 16.9. The number of benzene rings is 1. The standard InChI is InChI=1S/C16H27FN2O/c1-3-4-5-6-7-10-14(19-18)12-13-9-8-11-15(20-2)16(13)17/h8-9,11,14,19H,3-7,10,12,18H2,1-2H3. The summed E-state index contributed by atoms with van der Waals surface area (Å²) in [4.78, 5) is 0. The molecule has 0 radical (unpaired) electrons. The van der Waals surface area contributed by atoms with Gasteiger partial charge in [-0.05, 0) is 24.5 Å². The van der Waals surface area contributed by atoms with E-state index < -0.39 is 0 Å². The maximum absolute atomic E-state index is 14.1. The normalized spacial score (nSPS) is 12.4. The summed E-state index contributed by atoms with van der Waals surface area (Å²) in [6.07, 6.45) is 7.69. The van der Waals surface area contributed by atoms with Gasteiger partial charge in [-0.25, -0.2) is 4.39 Å². The molecule has 3 nitrogen and oxygen atoms in total. The summed E-state index contributed by atoms with van der Waals surface area (Å²) in [5.41, 5.74) is 3.45. The van der Waals surface area contributed by atoms with E-state index in [1.807, 2.05) is 6.07 Å². The van der Waals surface area contributed by atoms with E-state index in [-0.39, 0.29) is 11.9 Å². The van der Waals surface area contributed by atoms with Crippen molar-refractivity contribution < 1.29 is 9.13 Å². The molecule has 0 saturated carbocycles. The number of rotatable bonds is 10. The molecule has 1 aromatic carbocycles. The van der Waals surface area contributed by atoms with E-state index in [1.54, 1.807) is 12.1 Å². The predicted octanol–water partition coefficient (Wildman–Crippen LogP) is 3.57. The molecule has 114 valence electrons. The molecular weight excluding hydrogens is 255 g/mol. The van der Waals surface area contributed by atoms with E-state index in [0.717, 1.165) is 12.8 Å². The van der Waals surface area contributed by atoms with Gasteiger partial charge in [0.05, 0.1) is 7.11 Å². The molecule has 0 aliphatic carbocycles. The molecule has 1 aromatic rings. The maximum Gasteiger partial charge on any atom is 0.168 e. The number of nitrogens with two attached hydrogens (primary N) is 1. The van der Waals surface area contributed by atoms with Gasteiger partial charge in [0.25, 0.3) is 0 Å². The van der Waals surface area contributed by atoms with Crippen molar-refractivity contribution in [2.45, 2.75) is 57.9 Å². The summed E-state index contributed by atoms with van der Waals surface area (Å²) in [5, 5.41) is 0. The first-order chi connectivity index (χ1) is 9.72. The molecule has 0 heterocycles. The van der Waals surface area contributed by atoms with Crippen molar-refractivity contribution in [3.63, 3.8) is 0 Å². The van der Waals surface area contributed by atoms with Gasteiger partial charge in [0.1, 0.15) is 0 Å². The number of hydrazine groups is 1. The number of hydrogen-bond donors (Lipinski definition) is 2. The number of unbranched alkanes of at least 4 members (excludes halogenated alkanes) is 4. The molecular formula is C16H27FN2O. The minimum atomic E-state index is -0.277. The van der Waals surface area contributed by atoms with Crippen LogP contribution >= 0.6 is 0 Å². The number of ether oxygens (including phenoxy) is 1. The van der Waals surface area contributed by atoms with Crippen molar-refractivity contribution in [1.29, 1.82) is 0 Å². The molecule has 0 spiro atoms. The fraction of sp³-hybridized carbons (Fsp3) is 0.625. The van der Waals surface area contributed by atoms with Crippen LogP contribution in [-0.4, -0.2) is 13.2 Å². The third kappa shape index (κ3) is 5.47. The number of nitrogens with one attached hydrogen (secondary N) is 1. The zero-order valence-corrected chi connectivity index (χ0v) is 12.6. The second-order valence-electron chi connectivity index (χ2n) is 5.20. The minimum absolute atomic E-state index is 0.109. The molecule has 1 unspecified atom stereocenters. The lowest BCUT2D eigenvalue weighted by atomic mass is 9.99. The molecule has 0 aliphatic heterocycles. The molecule has 1 atom stereocenters. The van der Waals surface area contributed by atoms with Crippen LogP contribution in [0.2, 0.25) is 0 Å². The Morgan fingerprint density at radius 2 is 2.00 bits per heavy atom. The monoisotopic (exact) mass is 282 g/mol. The van der Waals surface area contributed by atoms with E-state index in [4.69, 9.17) is 10.6 Å². The summed E-state index contributed by atoms with van der Waals surface area (Å²) in [7, 11) is 1.48. The highest BCUT2D eigenvalue weighted by molar-refractivity contribution is 5.31. The van der Waals surface area contributed by atoms with Crippen molar-refractivity contribution in [2.75, 3.05) is 7.11 Å². The Balaban J connectivity index is 2.47. The van der Waals surface area contributed by atoms with E-state index in [9.17, 15) is 4.39 Å². The van der Waals surface area contributed by atoms with Crippen molar-refractivity contribution >= 4 is 0 Å². The van der Waals surface area contributed by atoms with Crippen LogP contribution in [0.25, 0.3) is 0 Å². The van der Waals surface area contributed by atoms with E-state index in [1.165, 1.54) is 32.8 Å². The number of halogens is 1. The average molecular weight is 282 g/mol. The smallest absolute Gasteiger partial charge is 0.168 e. The maximum atomic E-state index is 14.1. The molecule has 4 heteroatoms. The Labute approximate surface area is 121 Å². The zero-order chi connectivity index (χ0) is 14.8. The summed E-state index contributed by atoms with van der Waals surface area (Å²) >= 11 is 0. The third-order valence-corrected chi connectivity index (χ3v) is 3.62. The summed E-state index contributed by atoms with van der Waals surface area (Å²) in [6.45, 7) is 2.20. The molecule has 0 amide bonds. The first-order valence-electron chi connectivity index (χ1n) is 7.50. The highest BCUT2D eigenvalue weighted by Crippen LogP contribution is 2.22. The van der Waals surface area contributed by atoms with Crippen LogP contribution in [0.4, 0.5) is 4.39 Å². The lowest BCUT2D eigenvalue weighted by Crippen LogP contribution is -2.37. The predicted molar refractivity (Wildman–Crippen MR) is 81.1 cm³/mol. The quantitative estimate of drug-likeness (QED) is 0.392. The third-order valence-electron chi connectivity index (χ3n) is 3.62. The molecule has 0 aromatic heterocycles. The van der Waals surface area contributed by atoms with Crippen LogP contribution in [0, 0.1) is 5.82 Å². The topological polar surface area (TPSA) is 47.3 Å². The van der Waals surface area contributed by atoms with Crippen LogP contribution < -0.4 is 16.0 Å². The van der Waals surface area contributed by atoms with Crippen molar-refractivity contribution in [3.8, 4) is 5.75 Å². The second-order valence-corrected chi connectivity index (χ2v) is 5.20. The van der Waals surface area contributed by atoms with Gasteiger partial charge < -0.3 is 4.74 Å². The van der Waals surface area contributed by atoms with Gasteiger partial charge in [0.2, 0.25) is 0 Å². The zero-order valence-electron chi connectivity index (χ0n) is 12.6. The molecule has 0 saturated heterocycles. The lowest BCUT2D eigenvalue weighted by molar-refractivity contribution is 0.381. The SMILES string of the molecule is CCCCCCCC(Cc1cccc(OC)c1F)NN. The van der Waals surface area contributed by atoms with Gasteiger partial charge in [0, 0.05) is 6.04 Å². The van der Waals surface area contributed by atoms with Crippen LogP contribution in [-0.2, 0) is 6.42 Å². The van der Waals surface area contributed by atoms with Crippen molar-refractivity contribution in [3.05, 3.63) is 29.6 Å². The average Bonchev–Trinajstić information content (AvgIpc) is 2.47. The number of methoxy groups -OCH3 is 1. The molecule has 20 heavy (non-hydrogen) atoms. The van der Waals surface area contributed by atoms with Crippen LogP contribution in [0.5, 0.6) is 5.75 Å². The summed E-state index contributed by atoms with van der Waals surface area (Å²) in [6, 6.07) is 5.35.